The van der Waals surface area contributed by atoms with Crippen LogP contribution >= 0.6 is 0 Å². The predicted octanol–water partition coefficient (Wildman–Crippen LogP) is 3.32. The van der Waals surface area contributed by atoms with E-state index in [9.17, 15) is 14.9 Å². The summed E-state index contributed by atoms with van der Waals surface area (Å²) in [5, 5.41) is 9.28. The van der Waals surface area contributed by atoms with Crippen molar-refractivity contribution in [3.05, 3.63) is 35.4 Å². The van der Waals surface area contributed by atoms with Crippen molar-refractivity contribution in [3.8, 4) is 11.8 Å². The van der Waals surface area contributed by atoms with Crippen LogP contribution in [0.25, 0.3) is 6.08 Å². The van der Waals surface area contributed by atoms with Gasteiger partial charge in [-0.1, -0.05) is 31.4 Å². The topological polar surface area (TPSA) is 79.6 Å². The van der Waals surface area contributed by atoms with E-state index in [-0.39, 0.29) is 17.5 Å². The van der Waals surface area contributed by atoms with Crippen molar-refractivity contribution < 1.29 is 19.1 Å². The average molecular weight is 370 g/mol. The van der Waals surface area contributed by atoms with Crippen molar-refractivity contribution in [3.63, 3.8) is 0 Å². The average Bonchev–Trinajstić information content (AvgIpc) is 2.71. The first kappa shape index (κ1) is 20.5. The van der Waals surface area contributed by atoms with Gasteiger partial charge in [-0.05, 0) is 43.5 Å². The molecule has 1 aliphatic rings. The molecule has 1 fully saturated rings. The molecule has 144 valence electrons. The molecule has 27 heavy (non-hydrogen) atoms. The zero-order chi connectivity index (χ0) is 19.8. The second kappa shape index (κ2) is 9.77. The summed E-state index contributed by atoms with van der Waals surface area (Å²) in [4.78, 5) is 26.5. The Morgan fingerprint density at radius 3 is 2.41 bits per heavy atom. The molecule has 0 saturated heterocycles. The van der Waals surface area contributed by atoms with Crippen LogP contribution in [0.4, 0.5) is 0 Å². The Morgan fingerprint density at radius 1 is 1.22 bits per heavy atom. The maximum atomic E-state index is 12.5. The van der Waals surface area contributed by atoms with E-state index in [1.807, 2.05) is 6.07 Å². The maximum Gasteiger partial charge on any atom is 0.349 e. The van der Waals surface area contributed by atoms with Crippen molar-refractivity contribution in [2.75, 3.05) is 14.2 Å². The summed E-state index contributed by atoms with van der Waals surface area (Å²) in [5.74, 6) is -0.360. The fourth-order valence-electron chi connectivity index (χ4n) is 3.21. The molecule has 1 amide bonds. The van der Waals surface area contributed by atoms with E-state index < -0.39 is 12.1 Å². The third-order valence-electron chi connectivity index (χ3n) is 4.87. The highest BCUT2D eigenvalue weighted by Crippen LogP contribution is 2.22. The molecule has 1 aromatic rings. The Hall–Kier alpha value is -2.81. The van der Waals surface area contributed by atoms with Gasteiger partial charge in [0.1, 0.15) is 17.4 Å². The first-order valence-corrected chi connectivity index (χ1v) is 9.19. The molecule has 1 aliphatic carbocycles. The smallest absolute Gasteiger partial charge is 0.349 e. The quantitative estimate of drug-likeness (QED) is 0.436. The molecule has 0 radical (unpaired) electrons. The summed E-state index contributed by atoms with van der Waals surface area (Å²) < 4.78 is 10.3. The van der Waals surface area contributed by atoms with E-state index in [0.717, 1.165) is 25.7 Å². The normalized spacial score (nSPS) is 16.1. The highest BCUT2D eigenvalue weighted by Gasteiger charge is 2.28. The fourth-order valence-corrected chi connectivity index (χ4v) is 3.21. The van der Waals surface area contributed by atoms with E-state index in [2.05, 4.69) is 0 Å². The lowest BCUT2D eigenvalue weighted by Gasteiger charge is -2.32. The summed E-state index contributed by atoms with van der Waals surface area (Å²) in [6, 6.07) is 8.97. The number of amides is 1. The van der Waals surface area contributed by atoms with Crippen molar-refractivity contribution in [1.82, 2.24) is 4.90 Å². The van der Waals surface area contributed by atoms with Gasteiger partial charge in [0.25, 0.3) is 5.91 Å². The molecule has 0 unspecified atom stereocenters. The number of nitriles is 1. The number of hydrogen-bond donors (Lipinski definition) is 0. The molecule has 1 aromatic carbocycles. The molecule has 0 N–H and O–H groups in total. The Bertz CT molecular complexity index is 728. The number of likely N-dealkylation sites (N-methyl/N-ethyl adjacent to an activating group) is 1. The summed E-state index contributed by atoms with van der Waals surface area (Å²) in [5.41, 5.74) is 0.516. The van der Waals surface area contributed by atoms with Crippen molar-refractivity contribution in [1.29, 1.82) is 5.26 Å². The molecule has 2 rings (SSSR count). The van der Waals surface area contributed by atoms with Gasteiger partial charge >= 0.3 is 5.97 Å². The third kappa shape index (κ3) is 5.58. The Morgan fingerprint density at radius 2 is 1.85 bits per heavy atom. The number of carbonyl (C=O) groups excluding carboxylic acids is 2. The van der Waals surface area contributed by atoms with Gasteiger partial charge in [0.05, 0.1) is 7.11 Å². The molecule has 0 spiro atoms. The van der Waals surface area contributed by atoms with E-state index in [1.165, 1.54) is 12.5 Å². The van der Waals surface area contributed by atoms with E-state index >= 15 is 0 Å². The van der Waals surface area contributed by atoms with E-state index in [4.69, 9.17) is 9.47 Å². The Balaban J connectivity index is 2.00. The number of carbonyl (C=O) groups is 2. The largest absolute Gasteiger partial charge is 0.497 e. The molecule has 0 aliphatic heterocycles. The van der Waals surface area contributed by atoms with Crippen molar-refractivity contribution >= 4 is 18.0 Å². The van der Waals surface area contributed by atoms with Crippen LogP contribution in [0.5, 0.6) is 5.75 Å². The number of rotatable bonds is 6. The second-order valence-corrected chi connectivity index (χ2v) is 6.73. The molecule has 6 heteroatoms. The minimum absolute atomic E-state index is 0.153. The molecule has 1 atom stereocenters. The third-order valence-corrected chi connectivity index (χ3v) is 4.87. The van der Waals surface area contributed by atoms with Gasteiger partial charge < -0.3 is 14.4 Å². The highest BCUT2D eigenvalue weighted by molar-refractivity contribution is 5.99. The van der Waals surface area contributed by atoms with Crippen LogP contribution in [-0.4, -0.2) is 43.1 Å². The minimum Gasteiger partial charge on any atom is -0.497 e. The lowest BCUT2D eigenvalue weighted by molar-refractivity contribution is -0.156. The second-order valence-electron chi connectivity index (χ2n) is 6.73. The molecule has 0 heterocycles. The Kier molecular flexibility index (Phi) is 7.42. The van der Waals surface area contributed by atoms with Gasteiger partial charge in [0, 0.05) is 13.1 Å². The summed E-state index contributed by atoms with van der Waals surface area (Å²) in [6.07, 6.45) is 5.87. The van der Waals surface area contributed by atoms with Gasteiger partial charge in [0.2, 0.25) is 0 Å². The van der Waals surface area contributed by atoms with Gasteiger partial charge in [-0.15, -0.1) is 0 Å². The zero-order valence-corrected chi connectivity index (χ0v) is 16.1. The molecular weight excluding hydrogens is 344 g/mol. The minimum atomic E-state index is -0.933. The number of benzene rings is 1. The SMILES string of the molecule is COc1ccc(/C=C(\C#N)C(=O)O[C@@H](C)C(=O)N(C)C2CCCCC2)cc1. The summed E-state index contributed by atoms with van der Waals surface area (Å²) in [6.45, 7) is 1.54. The molecule has 0 aromatic heterocycles. The summed E-state index contributed by atoms with van der Waals surface area (Å²) >= 11 is 0. The van der Waals surface area contributed by atoms with Crippen LogP contribution in [0.2, 0.25) is 0 Å². The van der Waals surface area contributed by atoms with E-state index in [1.54, 1.807) is 50.2 Å². The molecular formula is C21H26N2O4. The molecule has 0 bridgehead atoms. The van der Waals surface area contributed by atoms with Crippen molar-refractivity contribution in [2.24, 2.45) is 0 Å². The maximum absolute atomic E-state index is 12.5. The standard InChI is InChI=1S/C21H26N2O4/c1-15(20(24)23(2)18-7-5-4-6-8-18)27-21(25)17(14-22)13-16-9-11-19(26-3)12-10-16/h9-13,15,18H,4-8H2,1-3H3/b17-13+/t15-/m0/s1. The number of hydrogen-bond acceptors (Lipinski definition) is 5. The van der Waals surface area contributed by atoms with Crippen LogP contribution in [0.15, 0.2) is 29.8 Å². The number of nitrogens with zero attached hydrogens (tertiary/aromatic N) is 2. The highest BCUT2D eigenvalue weighted by atomic mass is 16.5. The number of methoxy groups -OCH3 is 1. The van der Waals surface area contributed by atoms with Gasteiger partial charge in [0.15, 0.2) is 6.10 Å². The number of esters is 1. The monoisotopic (exact) mass is 370 g/mol. The molecule has 6 nitrogen and oxygen atoms in total. The van der Waals surface area contributed by atoms with Crippen LogP contribution in [0.3, 0.4) is 0 Å². The fraction of sp³-hybridized carbons (Fsp3) is 0.476. The van der Waals surface area contributed by atoms with Crippen LogP contribution < -0.4 is 4.74 Å². The van der Waals surface area contributed by atoms with E-state index in [0.29, 0.717) is 11.3 Å². The zero-order valence-electron chi connectivity index (χ0n) is 16.1. The lowest BCUT2D eigenvalue weighted by atomic mass is 9.94. The Labute approximate surface area is 160 Å². The molecule has 1 saturated carbocycles. The lowest BCUT2D eigenvalue weighted by Crippen LogP contribution is -2.44. The van der Waals surface area contributed by atoms with Crippen LogP contribution in [-0.2, 0) is 14.3 Å². The first-order chi connectivity index (χ1) is 13.0. The van der Waals surface area contributed by atoms with Crippen LogP contribution in [0.1, 0.15) is 44.6 Å². The predicted molar refractivity (Wildman–Crippen MR) is 102 cm³/mol. The van der Waals surface area contributed by atoms with Gasteiger partial charge in [-0.2, -0.15) is 5.26 Å². The van der Waals surface area contributed by atoms with Gasteiger partial charge in [-0.3, -0.25) is 4.79 Å². The van der Waals surface area contributed by atoms with Gasteiger partial charge in [-0.25, -0.2) is 4.79 Å². The summed E-state index contributed by atoms with van der Waals surface area (Å²) in [7, 11) is 3.31. The van der Waals surface area contributed by atoms with Crippen LogP contribution in [0, 0.1) is 11.3 Å². The van der Waals surface area contributed by atoms with Crippen molar-refractivity contribution in [2.45, 2.75) is 51.2 Å². The first-order valence-electron chi connectivity index (χ1n) is 9.19. The number of ether oxygens (including phenoxy) is 2.